The fraction of sp³-hybridized carbons (Fsp3) is 0.100. The molecule has 2 aromatic carbocycles. The number of nitrogens with one attached hydrogen (secondary N) is 2. The Bertz CT molecular complexity index is 1080. The number of benzene rings is 2. The number of carbonyl (C=O) groups is 2. The van der Waals surface area contributed by atoms with E-state index in [1.165, 1.54) is 13.3 Å². The standard InChI is InChI=1S/C20H17BrN4O4/c1-12-8-16(24-23-12)19(26)25-22-11-13-6-7-17(18(9-13)28-2)29-20(27)14-4-3-5-15(21)10-14/h3-11H,1-2H3,(H,23,24)(H,25,26)/b22-11+. The van der Waals surface area contributed by atoms with Crippen molar-refractivity contribution in [3.05, 3.63) is 75.5 Å². The SMILES string of the molecule is COc1cc(/C=N/NC(=O)c2cc(C)[nH]n2)ccc1OC(=O)c1cccc(Br)c1. The van der Waals surface area contributed by atoms with Gasteiger partial charge in [-0.3, -0.25) is 9.89 Å². The third-order valence-electron chi connectivity index (χ3n) is 3.77. The lowest BCUT2D eigenvalue weighted by atomic mass is 10.2. The number of hydrogen-bond donors (Lipinski definition) is 2. The van der Waals surface area contributed by atoms with E-state index in [-0.39, 0.29) is 11.4 Å². The third kappa shape index (κ3) is 5.29. The molecule has 1 heterocycles. The van der Waals surface area contributed by atoms with Crippen LogP contribution in [0, 0.1) is 6.92 Å². The molecule has 8 nitrogen and oxygen atoms in total. The minimum absolute atomic E-state index is 0.243. The molecule has 2 N–H and O–H groups in total. The largest absolute Gasteiger partial charge is 0.493 e. The van der Waals surface area contributed by atoms with Crippen LogP contribution >= 0.6 is 15.9 Å². The van der Waals surface area contributed by atoms with Gasteiger partial charge in [0.1, 0.15) is 0 Å². The van der Waals surface area contributed by atoms with Crippen molar-refractivity contribution in [3.63, 3.8) is 0 Å². The highest BCUT2D eigenvalue weighted by Crippen LogP contribution is 2.28. The number of hydrogen-bond acceptors (Lipinski definition) is 6. The highest BCUT2D eigenvalue weighted by Gasteiger charge is 2.13. The normalized spacial score (nSPS) is 10.7. The van der Waals surface area contributed by atoms with Crippen molar-refractivity contribution >= 4 is 34.0 Å². The lowest BCUT2D eigenvalue weighted by Crippen LogP contribution is -2.18. The highest BCUT2D eigenvalue weighted by atomic mass is 79.9. The number of aromatic nitrogens is 2. The number of carbonyl (C=O) groups excluding carboxylic acids is 2. The first-order chi connectivity index (χ1) is 14.0. The Hall–Kier alpha value is -3.46. The molecule has 0 radical (unpaired) electrons. The minimum Gasteiger partial charge on any atom is -0.493 e. The number of hydrazone groups is 1. The van der Waals surface area contributed by atoms with Crippen LogP contribution in [0.15, 0.2) is 58.1 Å². The molecular weight excluding hydrogens is 440 g/mol. The molecule has 0 saturated heterocycles. The fourth-order valence-electron chi connectivity index (χ4n) is 2.38. The molecule has 9 heteroatoms. The first-order valence-electron chi connectivity index (χ1n) is 8.47. The molecule has 0 saturated carbocycles. The first-order valence-corrected chi connectivity index (χ1v) is 9.27. The van der Waals surface area contributed by atoms with Crippen LogP contribution in [0.4, 0.5) is 0 Å². The highest BCUT2D eigenvalue weighted by molar-refractivity contribution is 9.10. The topological polar surface area (TPSA) is 106 Å². The van der Waals surface area contributed by atoms with E-state index in [0.29, 0.717) is 16.9 Å². The smallest absolute Gasteiger partial charge is 0.343 e. The number of aromatic amines is 1. The maximum absolute atomic E-state index is 12.3. The van der Waals surface area contributed by atoms with Crippen LogP contribution in [0.25, 0.3) is 0 Å². The zero-order valence-electron chi connectivity index (χ0n) is 15.6. The summed E-state index contributed by atoms with van der Waals surface area (Å²) in [5, 5.41) is 10.4. The van der Waals surface area contributed by atoms with Gasteiger partial charge < -0.3 is 9.47 Å². The summed E-state index contributed by atoms with van der Waals surface area (Å²) < 4.78 is 11.5. The summed E-state index contributed by atoms with van der Waals surface area (Å²) >= 11 is 3.32. The van der Waals surface area contributed by atoms with Crippen molar-refractivity contribution in [1.29, 1.82) is 0 Å². The summed E-state index contributed by atoms with van der Waals surface area (Å²) in [6.07, 6.45) is 1.44. The van der Waals surface area contributed by atoms with Gasteiger partial charge in [-0.05, 0) is 55.0 Å². The predicted octanol–water partition coefficient (Wildman–Crippen LogP) is 3.47. The van der Waals surface area contributed by atoms with Gasteiger partial charge in [0.25, 0.3) is 5.91 Å². The molecule has 1 aromatic heterocycles. The van der Waals surface area contributed by atoms with Crippen LogP contribution in [0.5, 0.6) is 11.5 Å². The second-order valence-corrected chi connectivity index (χ2v) is 6.86. The summed E-state index contributed by atoms with van der Waals surface area (Å²) in [5.41, 5.74) is 4.45. The number of aryl methyl sites for hydroxylation is 1. The van der Waals surface area contributed by atoms with Gasteiger partial charge in [-0.15, -0.1) is 0 Å². The number of ether oxygens (including phenoxy) is 2. The molecule has 0 bridgehead atoms. The predicted molar refractivity (Wildman–Crippen MR) is 110 cm³/mol. The average molecular weight is 457 g/mol. The summed E-state index contributed by atoms with van der Waals surface area (Å²) in [6.45, 7) is 1.80. The molecule has 0 aliphatic heterocycles. The quantitative estimate of drug-likeness (QED) is 0.255. The van der Waals surface area contributed by atoms with E-state index in [1.54, 1.807) is 49.4 Å². The number of rotatable bonds is 6. The van der Waals surface area contributed by atoms with E-state index in [9.17, 15) is 9.59 Å². The van der Waals surface area contributed by atoms with Gasteiger partial charge in [-0.2, -0.15) is 10.2 Å². The Balaban J connectivity index is 1.68. The summed E-state index contributed by atoms with van der Waals surface area (Å²) in [5.74, 6) is -0.318. The molecule has 0 aliphatic carbocycles. The van der Waals surface area contributed by atoms with Gasteiger partial charge in [0, 0.05) is 10.2 Å². The molecule has 0 spiro atoms. The summed E-state index contributed by atoms with van der Waals surface area (Å²) in [4.78, 5) is 24.2. The Morgan fingerprint density at radius 2 is 2.00 bits per heavy atom. The molecule has 0 unspecified atom stereocenters. The Morgan fingerprint density at radius 3 is 2.69 bits per heavy atom. The van der Waals surface area contributed by atoms with Crippen LogP contribution in [-0.2, 0) is 0 Å². The number of halogens is 1. The van der Waals surface area contributed by atoms with Crippen LogP contribution < -0.4 is 14.9 Å². The molecule has 0 aliphatic rings. The van der Waals surface area contributed by atoms with Crippen LogP contribution in [0.2, 0.25) is 0 Å². The molecule has 29 heavy (non-hydrogen) atoms. The van der Waals surface area contributed by atoms with Crippen molar-refractivity contribution in [2.24, 2.45) is 5.10 Å². The van der Waals surface area contributed by atoms with E-state index in [0.717, 1.165) is 10.2 Å². The van der Waals surface area contributed by atoms with E-state index in [4.69, 9.17) is 9.47 Å². The lowest BCUT2D eigenvalue weighted by Gasteiger charge is -2.10. The second-order valence-electron chi connectivity index (χ2n) is 5.95. The van der Waals surface area contributed by atoms with Crippen LogP contribution in [0.3, 0.4) is 0 Å². The number of H-pyrrole nitrogens is 1. The Morgan fingerprint density at radius 1 is 1.17 bits per heavy atom. The van der Waals surface area contributed by atoms with Crippen LogP contribution in [0.1, 0.15) is 32.1 Å². The molecular formula is C20H17BrN4O4. The molecule has 148 valence electrons. The van der Waals surface area contributed by atoms with Gasteiger partial charge in [-0.1, -0.05) is 22.0 Å². The lowest BCUT2D eigenvalue weighted by molar-refractivity contribution is 0.0729. The van der Waals surface area contributed by atoms with Gasteiger partial charge in [0.15, 0.2) is 17.2 Å². The van der Waals surface area contributed by atoms with E-state index in [1.807, 2.05) is 6.07 Å². The maximum Gasteiger partial charge on any atom is 0.343 e. The van der Waals surface area contributed by atoms with Gasteiger partial charge in [0.2, 0.25) is 0 Å². The Labute approximate surface area is 175 Å². The number of nitrogens with zero attached hydrogens (tertiary/aromatic N) is 2. The van der Waals surface area contributed by atoms with E-state index in [2.05, 4.69) is 36.7 Å². The maximum atomic E-state index is 12.3. The molecule has 0 atom stereocenters. The average Bonchev–Trinajstić information content (AvgIpc) is 3.15. The van der Waals surface area contributed by atoms with Crippen molar-refractivity contribution in [2.75, 3.05) is 7.11 Å². The summed E-state index contributed by atoms with van der Waals surface area (Å²) in [7, 11) is 1.47. The van der Waals surface area contributed by atoms with Gasteiger partial charge >= 0.3 is 5.97 Å². The zero-order chi connectivity index (χ0) is 20.8. The van der Waals surface area contributed by atoms with E-state index < -0.39 is 11.9 Å². The van der Waals surface area contributed by atoms with Crippen molar-refractivity contribution in [3.8, 4) is 11.5 Å². The number of esters is 1. The number of amides is 1. The van der Waals surface area contributed by atoms with Crippen LogP contribution in [-0.4, -0.2) is 35.4 Å². The monoisotopic (exact) mass is 456 g/mol. The van der Waals surface area contributed by atoms with E-state index >= 15 is 0 Å². The minimum atomic E-state index is -0.507. The molecule has 3 aromatic rings. The first kappa shape index (κ1) is 20.3. The van der Waals surface area contributed by atoms with Crippen molar-refractivity contribution < 1.29 is 19.1 Å². The zero-order valence-corrected chi connectivity index (χ0v) is 17.2. The molecule has 3 rings (SSSR count). The van der Waals surface area contributed by atoms with Gasteiger partial charge in [0.05, 0.1) is 18.9 Å². The van der Waals surface area contributed by atoms with Gasteiger partial charge in [-0.25, -0.2) is 10.2 Å². The molecule has 0 fully saturated rings. The second kappa shape index (κ2) is 9.16. The molecule has 1 amide bonds. The van der Waals surface area contributed by atoms with Crippen molar-refractivity contribution in [2.45, 2.75) is 6.92 Å². The summed E-state index contributed by atoms with van der Waals surface area (Å²) in [6, 6.07) is 13.4. The fourth-order valence-corrected chi connectivity index (χ4v) is 2.78. The number of methoxy groups -OCH3 is 1. The third-order valence-corrected chi connectivity index (χ3v) is 4.26. The Kier molecular flexibility index (Phi) is 6.40. The van der Waals surface area contributed by atoms with Crippen molar-refractivity contribution in [1.82, 2.24) is 15.6 Å².